The largest absolute Gasteiger partial charge is 0.481 e. The first kappa shape index (κ1) is 16.2. The molecule has 0 amide bonds. The molecule has 0 aromatic carbocycles. The first-order valence-corrected chi connectivity index (χ1v) is 5.16. The number of rotatable bonds is 7. The van der Waals surface area contributed by atoms with E-state index in [0.29, 0.717) is 11.5 Å². The zero-order valence-electron chi connectivity index (χ0n) is 9.63. The molecule has 0 aromatic heterocycles. The SMILES string of the molecule is [B]/C(=C\N/C(C=C)=C/C=C\C(=C)OP)C(=O)OO. The second-order valence-electron chi connectivity index (χ2n) is 2.89. The molecule has 0 aliphatic carbocycles. The third kappa shape index (κ3) is 6.73. The summed E-state index contributed by atoms with van der Waals surface area (Å²) in [5, 5.41) is 10.8. The van der Waals surface area contributed by atoms with Crippen molar-refractivity contribution in [3.05, 3.63) is 60.6 Å². The molecule has 1 unspecified atom stereocenters. The van der Waals surface area contributed by atoms with Gasteiger partial charge in [-0.05, 0) is 18.2 Å². The number of nitrogens with one attached hydrogen (secondary N) is 1. The molecule has 2 N–H and O–H groups in total. The molecule has 0 fully saturated rings. The van der Waals surface area contributed by atoms with Gasteiger partial charge in [0.05, 0.1) is 9.47 Å². The van der Waals surface area contributed by atoms with Gasteiger partial charge in [-0.25, -0.2) is 4.79 Å². The van der Waals surface area contributed by atoms with Crippen LogP contribution in [0.3, 0.4) is 0 Å². The van der Waals surface area contributed by atoms with Gasteiger partial charge in [0, 0.05) is 17.4 Å². The maximum absolute atomic E-state index is 10.8. The highest BCUT2D eigenvalue weighted by molar-refractivity contribution is 7.10. The van der Waals surface area contributed by atoms with Crippen LogP contribution in [-0.2, 0) is 14.2 Å². The van der Waals surface area contributed by atoms with Crippen molar-refractivity contribution in [1.29, 1.82) is 0 Å². The van der Waals surface area contributed by atoms with E-state index in [1.165, 1.54) is 12.3 Å². The van der Waals surface area contributed by atoms with Crippen molar-refractivity contribution in [3.8, 4) is 0 Å². The molecule has 0 aliphatic rings. The first-order chi connectivity index (χ1) is 8.54. The van der Waals surface area contributed by atoms with Crippen LogP contribution in [0.5, 0.6) is 0 Å². The third-order valence-corrected chi connectivity index (χ3v) is 1.94. The fourth-order valence-corrected chi connectivity index (χ4v) is 0.825. The van der Waals surface area contributed by atoms with Gasteiger partial charge < -0.3 is 9.84 Å². The Morgan fingerprint density at radius 3 is 2.67 bits per heavy atom. The maximum atomic E-state index is 10.8. The quantitative estimate of drug-likeness (QED) is 0.139. The Bertz CT molecular complexity index is 415. The van der Waals surface area contributed by atoms with Gasteiger partial charge in [-0.2, -0.15) is 5.26 Å². The third-order valence-electron chi connectivity index (χ3n) is 1.64. The van der Waals surface area contributed by atoms with Crippen molar-refractivity contribution >= 4 is 23.3 Å². The molecule has 0 aliphatic heterocycles. The summed E-state index contributed by atoms with van der Waals surface area (Å²) < 4.78 is 4.75. The van der Waals surface area contributed by atoms with Gasteiger partial charge in [0.25, 0.3) is 0 Å². The van der Waals surface area contributed by atoms with Gasteiger partial charge >= 0.3 is 5.97 Å². The summed E-state index contributed by atoms with van der Waals surface area (Å²) in [5.41, 5.74) is 0.281. The van der Waals surface area contributed by atoms with E-state index in [1.54, 1.807) is 18.2 Å². The maximum Gasteiger partial charge on any atom is 0.360 e. The molecular formula is C11H13BNO4P. The van der Waals surface area contributed by atoms with Crippen LogP contribution in [-0.4, -0.2) is 19.1 Å². The monoisotopic (exact) mass is 265 g/mol. The van der Waals surface area contributed by atoms with E-state index in [0.717, 1.165) is 0 Å². The average Bonchev–Trinajstić information content (AvgIpc) is 2.40. The van der Waals surface area contributed by atoms with Crippen LogP contribution >= 0.6 is 9.47 Å². The standard InChI is InChI=1S/C11H13BNO4P/c1-3-9(6-4-5-8(2)17-18)13-7-10(12)11(14)16-15/h3-7,13,15H,1-2,18H2/b5-4-,9-6+,10-7-. The molecule has 0 saturated heterocycles. The second kappa shape index (κ2) is 9.28. The number of hydrogen-bond donors (Lipinski definition) is 2. The molecule has 94 valence electrons. The number of carbonyl (C=O) groups excluding carboxylic acids is 1. The zero-order valence-corrected chi connectivity index (χ0v) is 10.8. The van der Waals surface area contributed by atoms with Crippen LogP contribution in [0.4, 0.5) is 0 Å². The highest BCUT2D eigenvalue weighted by Gasteiger charge is 2.02. The van der Waals surface area contributed by atoms with E-state index in [4.69, 9.17) is 17.6 Å². The number of hydrogen-bond acceptors (Lipinski definition) is 5. The molecule has 0 bridgehead atoms. The molecule has 1 atom stereocenters. The van der Waals surface area contributed by atoms with E-state index in [1.807, 2.05) is 0 Å². The molecule has 0 spiro atoms. The highest BCUT2D eigenvalue weighted by Crippen LogP contribution is 2.02. The van der Waals surface area contributed by atoms with Gasteiger partial charge in [0.1, 0.15) is 13.6 Å². The summed E-state index contributed by atoms with van der Waals surface area (Å²) in [6, 6.07) is 0. The number of allylic oxidation sites excluding steroid dienone is 4. The fraction of sp³-hybridized carbons (Fsp3) is 0. The molecule has 18 heavy (non-hydrogen) atoms. The molecular weight excluding hydrogens is 252 g/mol. The van der Waals surface area contributed by atoms with Crippen LogP contribution in [0.15, 0.2) is 60.6 Å². The highest BCUT2D eigenvalue weighted by atomic mass is 31.0. The van der Waals surface area contributed by atoms with Gasteiger partial charge in [-0.15, -0.1) is 0 Å². The molecule has 0 saturated carbocycles. The molecule has 5 nitrogen and oxygen atoms in total. The molecule has 2 radical (unpaired) electrons. The summed E-state index contributed by atoms with van der Waals surface area (Å²) in [4.78, 5) is 14.2. The summed E-state index contributed by atoms with van der Waals surface area (Å²) in [5.74, 6) is -0.593. The van der Waals surface area contributed by atoms with Crippen LogP contribution in [0.25, 0.3) is 0 Å². The minimum Gasteiger partial charge on any atom is -0.481 e. The van der Waals surface area contributed by atoms with Crippen molar-refractivity contribution < 1.29 is 19.5 Å². The van der Waals surface area contributed by atoms with Gasteiger partial charge in [-0.3, -0.25) is 4.89 Å². The van der Waals surface area contributed by atoms with Gasteiger partial charge in [0.15, 0.2) is 0 Å². The minimum atomic E-state index is -1.05. The molecule has 0 heterocycles. The van der Waals surface area contributed by atoms with Gasteiger partial charge in [0.2, 0.25) is 0 Å². The average molecular weight is 265 g/mol. The van der Waals surface area contributed by atoms with Crippen LogP contribution in [0, 0.1) is 0 Å². The molecule has 7 heteroatoms. The van der Waals surface area contributed by atoms with Crippen LogP contribution in [0.1, 0.15) is 0 Å². The number of carbonyl (C=O) groups is 1. The van der Waals surface area contributed by atoms with Crippen molar-refractivity contribution in [3.63, 3.8) is 0 Å². The van der Waals surface area contributed by atoms with E-state index in [9.17, 15) is 4.79 Å². The Morgan fingerprint density at radius 1 is 1.50 bits per heavy atom. The van der Waals surface area contributed by atoms with E-state index in [2.05, 4.69) is 32.8 Å². The lowest BCUT2D eigenvalue weighted by atomic mass is 9.97. The minimum absolute atomic E-state index is 0.285. The first-order valence-electron chi connectivity index (χ1n) is 4.69. The smallest absolute Gasteiger partial charge is 0.360 e. The van der Waals surface area contributed by atoms with Gasteiger partial charge in [-0.1, -0.05) is 19.2 Å². The lowest BCUT2D eigenvalue weighted by Crippen LogP contribution is -2.10. The van der Waals surface area contributed by atoms with E-state index < -0.39 is 5.97 Å². The Balaban J connectivity index is 4.57. The molecule has 0 rings (SSSR count). The van der Waals surface area contributed by atoms with Crippen molar-refractivity contribution in [2.45, 2.75) is 0 Å². The van der Waals surface area contributed by atoms with Crippen LogP contribution < -0.4 is 5.32 Å². The predicted molar refractivity (Wildman–Crippen MR) is 73.0 cm³/mol. The normalized spacial score (nSPS) is 12.1. The summed E-state index contributed by atoms with van der Waals surface area (Å²) in [6.07, 6.45) is 7.59. The molecule has 0 aromatic rings. The fourth-order valence-electron chi connectivity index (χ4n) is 0.746. The Hall–Kier alpha value is -1.78. The van der Waals surface area contributed by atoms with Crippen molar-refractivity contribution in [2.75, 3.05) is 0 Å². The van der Waals surface area contributed by atoms with Crippen molar-refractivity contribution in [2.24, 2.45) is 0 Å². The summed E-state index contributed by atoms with van der Waals surface area (Å²) in [7, 11) is 7.34. The second-order valence-corrected chi connectivity index (χ2v) is 3.13. The van der Waals surface area contributed by atoms with Crippen molar-refractivity contribution in [1.82, 2.24) is 5.32 Å². The lowest BCUT2D eigenvalue weighted by Gasteiger charge is -2.02. The summed E-state index contributed by atoms with van der Waals surface area (Å²) in [6.45, 7) is 7.14. The summed E-state index contributed by atoms with van der Waals surface area (Å²) >= 11 is 0. The Kier molecular flexibility index (Phi) is 8.36. The zero-order chi connectivity index (χ0) is 14.0. The lowest BCUT2D eigenvalue weighted by molar-refractivity contribution is -0.228. The Morgan fingerprint density at radius 2 is 2.17 bits per heavy atom. The topological polar surface area (TPSA) is 67.8 Å². The Labute approximate surface area is 109 Å². The predicted octanol–water partition coefficient (Wildman–Crippen LogP) is 1.55. The van der Waals surface area contributed by atoms with E-state index in [-0.39, 0.29) is 5.47 Å². The van der Waals surface area contributed by atoms with Crippen LogP contribution in [0.2, 0.25) is 0 Å². The van der Waals surface area contributed by atoms with E-state index >= 15 is 0 Å².